The van der Waals surface area contributed by atoms with Gasteiger partial charge in [0.1, 0.15) is 16.2 Å². The van der Waals surface area contributed by atoms with Gasteiger partial charge >= 0.3 is 18.0 Å². The van der Waals surface area contributed by atoms with E-state index < -0.39 is 23.6 Å². The van der Waals surface area contributed by atoms with Gasteiger partial charge in [-0.3, -0.25) is 9.88 Å². The third-order valence-electron chi connectivity index (χ3n) is 5.64. The molecule has 9 nitrogen and oxygen atoms in total. The fourth-order valence-electron chi connectivity index (χ4n) is 3.88. The number of methoxy groups -OCH3 is 3. The molecule has 2 aromatic heterocycles. The van der Waals surface area contributed by atoms with Crippen molar-refractivity contribution in [1.82, 2.24) is 4.98 Å². The molecule has 0 fully saturated rings. The molecule has 0 saturated heterocycles. The predicted molar refractivity (Wildman–Crippen MR) is 145 cm³/mol. The van der Waals surface area contributed by atoms with Crippen molar-refractivity contribution in [2.24, 2.45) is 0 Å². The highest BCUT2D eigenvalue weighted by Gasteiger charge is 2.31. The number of benzene rings is 1. The summed E-state index contributed by atoms with van der Waals surface area (Å²) >= 11 is 1.10. The van der Waals surface area contributed by atoms with Crippen LogP contribution in [0.2, 0.25) is 0 Å². The maximum Gasteiger partial charge on any atom is 0.415 e. The first-order valence-electron chi connectivity index (χ1n) is 11.8. The molecule has 10 heteroatoms. The van der Waals surface area contributed by atoms with E-state index >= 15 is 0 Å². The quantitative estimate of drug-likeness (QED) is 0.267. The maximum atomic E-state index is 13.5. The molecule has 3 aromatic rings. The van der Waals surface area contributed by atoms with E-state index in [1.165, 1.54) is 19.1 Å². The fourth-order valence-corrected chi connectivity index (χ4v) is 5.00. The highest BCUT2D eigenvalue weighted by molar-refractivity contribution is 7.18. The number of carbonyl (C=O) groups excluding carboxylic acids is 3. The zero-order valence-electron chi connectivity index (χ0n) is 22.8. The number of esters is 2. The first-order valence-corrected chi connectivity index (χ1v) is 12.6. The van der Waals surface area contributed by atoms with Crippen LogP contribution < -0.4 is 9.64 Å². The normalized spacial score (nSPS) is 11.1. The molecule has 1 aromatic carbocycles. The van der Waals surface area contributed by atoms with Crippen LogP contribution in [-0.4, -0.2) is 49.9 Å². The van der Waals surface area contributed by atoms with Gasteiger partial charge in [0, 0.05) is 27.8 Å². The van der Waals surface area contributed by atoms with E-state index in [1.807, 2.05) is 13.8 Å². The van der Waals surface area contributed by atoms with Crippen molar-refractivity contribution in [3.05, 3.63) is 63.8 Å². The summed E-state index contributed by atoms with van der Waals surface area (Å²) < 4.78 is 21.2. The summed E-state index contributed by atoms with van der Waals surface area (Å²) in [4.78, 5) is 45.5. The van der Waals surface area contributed by atoms with Gasteiger partial charge in [0.25, 0.3) is 0 Å². The summed E-state index contributed by atoms with van der Waals surface area (Å²) in [5.41, 5.74) is 2.52. The van der Waals surface area contributed by atoms with Crippen LogP contribution in [0.25, 0.3) is 10.4 Å². The number of thiophene rings is 1. The highest BCUT2D eigenvalue weighted by atomic mass is 32.1. The maximum absolute atomic E-state index is 13.5. The minimum atomic E-state index is -0.801. The number of amides is 1. The first kappa shape index (κ1) is 28.6. The zero-order chi connectivity index (χ0) is 28.2. The predicted octanol–water partition coefficient (Wildman–Crippen LogP) is 5.95. The topological polar surface area (TPSA) is 104 Å². The number of carbonyl (C=O) groups is 3. The largest absolute Gasteiger partial charge is 0.496 e. The lowest BCUT2D eigenvalue weighted by Crippen LogP contribution is -2.37. The summed E-state index contributed by atoms with van der Waals surface area (Å²) in [5.74, 6) is -0.498. The number of aryl methyl sites for hydroxylation is 1. The molecule has 0 aliphatic heterocycles. The first-order chi connectivity index (χ1) is 17.9. The number of aromatic nitrogens is 1. The Bertz CT molecular complexity index is 1360. The Morgan fingerprint density at radius 1 is 1.00 bits per heavy atom. The van der Waals surface area contributed by atoms with Gasteiger partial charge in [-0.2, -0.15) is 0 Å². The summed E-state index contributed by atoms with van der Waals surface area (Å²) in [6.45, 7) is 9.01. The summed E-state index contributed by atoms with van der Waals surface area (Å²) in [6, 6.07) is 8.55. The van der Waals surface area contributed by atoms with Gasteiger partial charge in [-0.1, -0.05) is 18.2 Å². The molecular formula is C28H32N2O7S. The minimum absolute atomic E-state index is 0.00377. The van der Waals surface area contributed by atoms with E-state index in [9.17, 15) is 14.4 Å². The van der Waals surface area contributed by atoms with Crippen LogP contribution >= 0.6 is 11.3 Å². The average Bonchev–Trinajstić information content (AvgIpc) is 3.31. The lowest BCUT2D eigenvalue weighted by Gasteiger charge is -2.28. The van der Waals surface area contributed by atoms with Crippen LogP contribution in [0.4, 0.5) is 10.5 Å². The molecule has 0 bridgehead atoms. The van der Waals surface area contributed by atoms with Crippen molar-refractivity contribution < 1.29 is 33.3 Å². The number of pyridine rings is 1. The number of hydrogen-bond acceptors (Lipinski definition) is 9. The fraction of sp³-hybridized carbons (Fsp3) is 0.357. The van der Waals surface area contributed by atoms with Gasteiger partial charge in [0.2, 0.25) is 0 Å². The van der Waals surface area contributed by atoms with Crippen molar-refractivity contribution in [3.63, 3.8) is 0 Å². The van der Waals surface area contributed by atoms with Crippen LogP contribution in [-0.2, 0) is 20.8 Å². The SMILES string of the molecule is COC(=O)c1ccccc1-c1cc(N(Cc2ncc(C)c(OC)c2C)C(=O)OC(C)(C)C)c(C(=O)OC)s1. The summed E-state index contributed by atoms with van der Waals surface area (Å²) in [7, 11) is 4.14. The summed E-state index contributed by atoms with van der Waals surface area (Å²) in [5, 5.41) is 0. The van der Waals surface area contributed by atoms with Crippen LogP contribution in [0.1, 0.15) is 57.6 Å². The van der Waals surface area contributed by atoms with E-state index in [2.05, 4.69) is 4.98 Å². The van der Waals surface area contributed by atoms with Gasteiger partial charge in [0.05, 0.1) is 44.8 Å². The second-order valence-corrected chi connectivity index (χ2v) is 10.5. The molecule has 3 rings (SSSR count). The van der Waals surface area contributed by atoms with Crippen molar-refractivity contribution in [1.29, 1.82) is 0 Å². The summed E-state index contributed by atoms with van der Waals surface area (Å²) in [6.07, 6.45) is 0.996. The van der Waals surface area contributed by atoms with Crippen LogP contribution in [0.15, 0.2) is 36.5 Å². The Morgan fingerprint density at radius 3 is 2.26 bits per heavy atom. The lowest BCUT2D eigenvalue weighted by molar-refractivity contribution is 0.0571. The average molecular weight is 541 g/mol. The second kappa shape index (κ2) is 11.6. The molecule has 0 aliphatic carbocycles. The Hall–Kier alpha value is -3.92. The molecule has 1 amide bonds. The molecule has 202 valence electrons. The van der Waals surface area contributed by atoms with Crippen LogP contribution in [0.3, 0.4) is 0 Å². The molecule has 0 unspecified atom stereocenters. The van der Waals surface area contributed by atoms with Gasteiger partial charge in [-0.05, 0) is 46.8 Å². The standard InChI is InChI=1S/C28H32N2O7S/c1-16-14-29-20(17(2)23(16)34-6)15-30(27(33)37-28(3,4)5)21-13-22(38-24(21)26(32)36-8)18-11-9-10-12-19(18)25(31)35-7/h9-14H,15H2,1-8H3. The number of anilines is 1. The smallest absolute Gasteiger partial charge is 0.415 e. The second-order valence-electron chi connectivity index (χ2n) is 9.47. The van der Waals surface area contributed by atoms with Gasteiger partial charge in [-0.25, -0.2) is 14.4 Å². The monoisotopic (exact) mass is 540 g/mol. The Labute approximate surface area is 226 Å². The molecule has 0 atom stereocenters. The minimum Gasteiger partial charge on any atom is -0.496 e. The number of rotatable bonds is 7. The molecule has 0 saturated carbocycles. The Kier molecular flexibility index (Phi) is 8.78. The van der Waals surface area contributed by atoms with E-state index in [4.69, 9.17) is 18.9 Å². The lowest BCUT2D eigenvalue weighted by atomic mass is 10.1. The molecule has 2 heterocycles. The Balaban J connectivity index is 2.23. The number of ether oxygens (including phenoxy) is 4. The van der Waals surface area contributed by atoms with E-state index in [0.29, 0.717) is 27.4 Å². The third-order valence-corrected chi connectivity index (χ3v) is 6.78. The third kappa shape index (κ3) is 6.13. The van der Waals surface area contributed by atoms with Gasteiger partial charge in [-0.15, -0.1) is 11.3 Å². The highest BCUT2D eigenvalue weighted by Crippen LogP contribution is 2.40. The molecule has 38 heavy (non-hydrogen) atoms. The molecular weight excluding hydrogens is 508 g/mol. The number of hydrogen-bond donors (Lipinski definition) is 0. The van der Waals surface area contributed by atoms with Crippen molar-refractivity contribution >= 4 is 35.1 Å². The van der Waals surface area contributed by atoms with Gasteiger partial charge < -0.3 is 18.9 Å². The van der Waals surface area contributed by atoms with Crippen LogP contribution in [0.5, 0.6) is 5.75 Å². The van der Waals surface area contributed by atoms with E-state index in [-0.39, 0.29) is 17.1 Å². The van der Waals surface area contributed by atoms with Gasteiger partial charge in [0.15, 0.2) is 0 Å². The zero-order valence-corrected chi connectivity index (χ0v) is 23.6. The van der Waals surface area contributed by atoms with Crippen molar-refractivity contribution in [2.45, 2.75) is 46.8 Å². The molecule has 0 N–H and O–H groups in total. The van der Waals surface area contributed by atoms with Crippen molar-refractivity contribution in [3.8, 4) is 16.2 Å². The van der Waals surface area contributed by atoms with E-state index in [1.54, 1.807) is 64.4 Å². The van der Waals surface area contributed by atoms with Crippen LogP contribution in [0, 0.1) is 13.8 Å². The van der Waals surface area contributed by atoms with Crippen molar-refractivity contribution in [2.75, 3.05) is 26.2 Å². The Morgan fingerprint density at radius 2 is 1.66 bits per heavy atom. The molecule has 0 radical (unpaired) electrons. The number of nitrogens with zero attached hydrogens (tertiary/aromatic N) is 2. The van der Waals surface area contributed by atoms with E-state index in [0.717, 1.165) is 22.5 Å². The molecule has 0 spiro atoms. The molecule has 0 aliphatic rings.